The van der Waals surface area contributed by atoms with Crippen LogP contribution in [0.25, 0.3) is 0 Å². The van der Waals surface area contributed by atoms with E-state index in [0.717, 1.165) is 10.9 Å². The van der Waals surface area contributed by atoms with Crippen LogP contribution in [0.1, 0.15) is 13.8 Å². The number of amidine groups is 1. The van der Waals surface area contributed by atoms with Crippen LogP contribution in [0, 0.1) is 0 Å². The Bertz CT molecular complexity index is 501. The molecule has 0 N–H and O–H groups in total. The first-order valence-corrected chi connectivity index (χ1v) is 7.37. The van der Waals surface area contributed by atoms with Crippen molar-refractivity contribution in [2.24, 2.45) is 4.99 Å². The summed E-state index contributed by atoms with van der Waals surface area (Å²) in [6, 6.07) is 7.37. The standard InChI is InChI=1S/C13H16ClN3OS/c1-9(2)15-12-16(3)13(18)17(8-19-12)11-6-4-10(14)5-7-11/h4-7,9H,8H2,1-3H3/b15-12-. The number of urea groups is 1. The second-order valence-corrected chi connectivity index (χ2v) is 5.87. The van der Waals surface area contributed by atoms with Gasteiger partial charge in [0.2, 0.25) is 0 Å². The molecular formula is C13H16ClN3OS. The van der Waals surface area contributed by atoms with Crippen molar-refractivity contribution in [2.45, 2.75) is 19.9 Å². The SMILES string of the molecule is CC(C)/N=C1\SCN(c2ccc(Cl)cc2)C(=O)N1C. The molecule has 4 nitrogen and oxygen atoms in total. The van der Waals surface area contributed by atoms with Gasteiger partial charge in [0.15, 0.2) is 5.17 Å². The Morgan fingerprint density at radius 1 is 1.32 bits per heavy atom. The van der Waals surface area contributed by atoms with Gasteiger partial charge >= 0.3 is 6.03 Å². The molecule has 0 aliphatic carbocycles. The van der Waals surface area contributed by atoms with Gasteiger partial charge in [0.1, 0.15) is 0 Å². The molecule has 0 atom stereocenters. The summed E-state index contributed by atoms with van der Waals surface area (Å²) >= 11 is 7.42. The molecule has 0 unspecified atom stereocenters. The quantitative estimate of drug-likeness (QED) is 0.835. The van der Waals surface area contributed by atoms with E-state index < -0.39 is 0 Å². The zero-order chi connectivity index (χ0) is 14.0. The van der Waals surface area contributed by atoms with Gasteiger partial charge in [-0.15, -0.1) is 0 Å². The summed E-state index contributed by atoms with van der Waals surface area (Å²) < 4.78 is 0. The first kappa shape index (κ1) is 14.2. The van der Waals surface area contributed by atoms with E-state index in [-0.39, 0.29) is 12.1 Å². The minimum absolute atomic E-state index is 0.0690. The second kappa shape index (κ2) is 5.84. The Morgan fingerprint density at radius 3 is 2.53 bits per heavy atom. The zero-order valence-corrected chi connectivity index (χ0v) is 12.7. The van der Waals surface area contributed by atoms with Crippen LogP contribution in [0.5, 0.6) is 0 Å². The Kier molecular flexibility index (Phi) is 4.37. The van der Waals surface area contributed by atoms with Gasteiger partial charge in [0.25, 0.3) is 0 Å². The van der Waals surface area contributed by atoms with Gasteiger partial charge in [0, 0.05) is 23.8 Å². The Balaban J connectivity index is 2.20. The van der Waals surface area contributed by atoms with Crippen LogP contribution in [0.15, 0.2) is 29.3 Å². The number of thioether (sulfide) groups is 1. The van der Waals surface area contributed by atoms with E-state index in [1.807, 2.05) is 26.0 Å². The van der Waals surface area contributed by atoms with Crippen molar-refractivity contribution in [3.8, 4) is 0 Å². The number of rotatable bonds is 2. The summed E-state index contributed by atoms with van der Waals surface area (Å²) in [5.41, 5.74) is 0.845. The Hall–Kier alpha value is -1.20. The van der Waals surface area contributed by atoms with Crippen molar-refractivity contribution in [3.63, 3.8) is 0 Å². The molecule has 6 heteroatoms. The minimum atomic E-state index is -0.0690. The summed E-state index contributed by atoms with van der Waals surface area (Å²) in [4.78, 5) is 20.1. The van der Waals surface area contributed by atoms with Gasteiger partial charge in [-0.2, -0.15) is 0 Å². The molecule has 2 amide bonds. The third kappa shape index (κ3) is 3.22. The zero-order valence-electron chi connectivity index (χ0n) is 11.1. The number of hydrogen-bond donors (Lipinski definition) is 0. The first-order chi connectivity index (χ1) is 8.99. The number of carbonyl (C=O) groups is 1. The molecule has 0 spiro atoms. The highest BCUT2D eigenvalue weighted by Gasteiger charge is 2.29. The van der Waals surface area contributed by atoms with Crippen molar-refractivity contribution < 1.29 is 4.79 Å². The highest BCUT2D eigenvalue weighted by Crippen LogP contribution is 2.26. The molecule has 0 saturated carbocycles. The van der Waals surface area contributed by atoms with E-state index >= 15 is 0 Å². The lowest BCUT2D eigenvalue weighted by Crippen LogP contribution is -2.48. The molecule has 1 aromatic carbocycles. The monoisotopic (exact) mass is 297 g/mol. The van der Waals surface area contributed by atoms with Crippen molar-refractivity contribution in [3.05, 3.63) is 29.3 Å². The molecule has 1 aliphatic rings. The average molecular weight is 298 g/mol. The lowest BCUT2D eigenvalue weighted by Gasteiger charge is -2.33. The summed E-state index contributed by atoms with van der Waals surface area (Å²) in [7, 11) is 1.75. The molecule has 0 aromatic heterocycles. The number of nitrogens with zero attached hydrogens (tertiary/aromatic N) is 3. The largest absolute Gasteiger partial charge is 0.331 e. The van der Waals surface area contributed by atoms with Crippen LogP contribution >= 0.6 is 23.4 Å². The molecule has 0 bridgehead atoms. The van der Waals surface area contributed by atoms with E-state index in [1.54, 1.807) is 40.7 Å². The number of amides is 2. The van der Waals surface area contributed by atoms with E-state index in [4.69, 9.17) is 11.6 Å². The normalized spacial score (nSPS) is 18.6. The fourth-order valence-corrected chi connectivity index (χ4v) is 2.88. The fourth-order valence-electron chi connectivity index (χ4n) is 1.69. The lowest BCUT2D eigenvalue weighted by atomic mass is 10.3. The highest BCUT2D eigenvalue weighted by atomic mass is 35.5. The Morgan fingerprint density at radius 2 is 1.95 bits per heavy atom. The van der Waals surface area contributed by atoms with E-state index in [2.05, 4.69) is 4.99 Å². The predicted octanol–water partition coefficient (Wildman–Crippen LogP) is 3.67. The van der Waals surface area contributed by atoms with E-state index in [1.165, 1.54) is 0 Å². The highest BCUT2D eigenvalue weighted by molar-refractivity contribution is 8.14. The van der Waals surface area contributed by atoms with Gasteiger partial charge in [0.05, 0.1) is 5.88 Å². The fraction of sp³-hybridized carbons (Fsp3) is 0.385. The Labute approximate surface area is 122 Å². The smallest absolute Gasteiger partial charge is 0.284 e. The molecule has 2 rings (SSSR count). The van der Waals surface area contributed by atoms with Gasteiger partial charge in [-0.25, -0.2) is 4.79 Å². The molecule has 0 radical (unpaired) electrons. The van der Waals surface area contributed by atoms with Crippen molar-refractivity contribution in [2.75, 3.05) is 17.8 Å². The van der Waals surface area contributed by atoms with Crippen molar-refractivity contribution in [1.29, 1.82) is 0 Å². The van der Waals surface area contributed by atoms with Crippen LogP contribution in [-0.4, -0.2) is 35.1 Å². The topological polar surface area (TPSA) is 35.9 Å². The average Bonchev–Trinajstić information content (AvgIpc) is 2.36. The number of halogens is 1. The molecule has 1 saturated heterocycles. The van der Waals surface area contributed by atoms with Crippen LogP contribution in [0.4, 0.5) is 10.5 Å². The maximum absolute atomic E-state index is 12.3. The molecular weight excluding hydrogens is 282 g/mol. The maximum atomic E-state index is 12.3. The van der Waals surface area contributed by atoms with Crippen LogP contribution in [0.3, 0.4) is 0 Å². The van der Waals surface area contributed by atoms with E-state index in [0.29, 0.717) is 10.9 Å². The third-order valence-corrected chi connectivity index (χ3v) is 3.91. The van der Waals surface area contributed by atoms with Crippen LogP contribution in [-0.2, 0) is 0 Å². The number of aliphatic imine (C=N–C) groups is 1. The van der Waals surface area contributed by atoms with Gasteiger partial charge < -0.3 is 0 Å². The lowest BCUT2D eigenvalue weighted by molar-refractivity contribution is 0.233. The molecule has 1 fully saturated rings. The molecule has 102 valence electrons. The molecule has 1 aliphatic heterocycles. The van der Waals surface area contributed by atoms with Crippen molar-refractivity contribution in [1.82, 2.24) is 4.90 Å². The number of hydrogen-bond acceptors (Lipinski definition) is 3. The van der Waals surface area contributed by atoms with Gasteiger partial charge in [-0.05, 0) is 38.1 Å². The molecule has 19 heavy (non-hydrogen) atoms. The number of anilines is 1. The third-order valence-electron chi connectivity index (χ3n) is 2.63. The number of benzene rings is 1. The minimum Gasteiger partial charge on any atom is -0.284 e. The molecule has 1 aromatic rings. The van der Waals surface area contributed by atoms with Gasteiger partial charge in [-0.3, -0.25) is 14.8 Å². The number of carbonyl (C=O) groups excluding carboxylic acids is 1. The predicted molar refractivity (Wildman–Crippen MR) is 82.1 cm³/mol. The van der Waals surface area contributed by atoms with Gasteiger partial charge in [-0.1, -0.05) is 23.4 Å². The van der Waals surface area contributed by atoms with E-state index in [9.17, 15) is 4.79 Å². The summed E-state index contributed by atoms with van der Waals surface area (Å²) in [5, 5.41) is 1.43. The molecule has 1 heterocycles. The summed E-state index contributed by atoms with van der Waals surface area (Å²) in [5.74, 6) is 0.566. The second-order valence-electron chi connectivity index (χ2n) is 4.52. The first-order valence-electron chi connectivity index (χ1n) is 6.00. The summed E-state index contributed by atoms with van der Waals surface area (Å²) in [6.07, 6.45) is 0. The summed E-state index contributed by atoms with van der Waals surface area (Å²) in [6.45, 7) is 3.99. The maximum Gasteiger partial charge on any atom is 0.331 e. The van der Waals surface area contributed by atoms with Crippen molar-refractivity contribution >= 4 is 40.2 Å². The van der Waals surface area contributed by atoms with Crippen LogP contribution in [0.2, 0.25) is 5.02 Å². The van der Waals surface area contributed by atoms with Crippen LogP contribution < -0.4 is 4.90 Å².